The Morgan fingerprint density at radius 1 is 1.30 bits per heavy atom. The van der Waals surface area contributed by atoms with Gasteiger partial charge in [0.05, 0.1) is 24.6 Å². The number of hydrogen-bond acceptors (Lipinski definition) is 5. The molecular weight excluding hydrogens is 254 g/mol. The molecule has 1 aromatic rings. The zero-order chi connectivity index (χ0) is 14.1. The van der Waals surface area contributed by atoms with Crippen LogP contribution in [0.25, 0.3) is 0 Å². The summed E-state index contributed by atoms with van der Waals surface area (Å²) in [7, 11) is 1.99. The first kappa shape index (κ1) is 13.7. The number of nitrogens with zero attached hydrogens (tertiary/aromatic N) is 4. The summed E-state index contributed by atoms with van der Waals surface area (Å²) in [6, 6.07) is 0.623. The molecule has 2 aliphatic heterocycles. The van der Waals surface area contributed by atoms with Gasteiger partial charge in [0.15, 0.2) is 0 Å². The van der Waals surface area contributed by atoms with Crippen LogP contribution in [0.15, 0.2) is 0 Å². The SMILES string of the molecule is CCc1nn(C)c(N2CCC(N3CCOCC3)C2)c1N. The van der Waals surface area contributed by atoms with Gasteiger partial charge in [-0.25, -0.2) is 0 Å². The highest BCUT2D eigenvalue weighted by molar-refractivity contribution is 5.67. The summed E-state index contributed by atoms with van der Waals surface area (Å²) in [5, 5.41) is 4.53. The second-order valence-corrected chi connectivity index (χ2v) is 5.70. The van der Waals surface area contributed by atoms with Gasteiger partial charge in [0.25, 0.3) is 0 Å². The van der Waals surface area contributed by atoms with Crippen LogP contribution in [0.1, 0.15) is 19.0 Å². The van der Waals surface area contributed by atoms with Crippen molar-refractivity contribution in [1.82, 2.24) is 14.7 Å². The van der Waals surface area contributed by atoms with Crippen molar-refractivity contribution in [2.24, 2.45) is 7.05 Å². The van der Waals surface area contributed by atoms with Gasteiger partial charge in [0.2, 0.25) is 0 Å². The number of nitrogen functional groups attached to an aromatic ring is 1. The highest BCUT2D eigenvalue weighted by Gasteiger charge is 2.31. The lowest BCUT2D eigenvalue weighted by molar-refractivity contribution is 0.0209. The van der Waals surface area contributed by atoms with Gasteiger partial charge in [-0.15, -0.1) is 0 Å². The lowest BCUT2D eigenvalue weighted by atomic mass is 10.2. The van der Waals surface area contributed by atoms with Crippen molar-refractivity contribution in [3.63, 3.8) is 0 Å². The van der Waals surface area contributed by atoms with Crippen LogP contribution in [0.5, 0.6) is 0 Å². The Balaban J connectivity index is 1.72. The molecule has 0 aliphatic carbocycles. The molecule has 0 bridgehead atoms. The number of morpholine rings is 1. The van der Waals surface area contributed by atoms with Gasteiger partial charge >= 0.3 is 0 Å². The first-order valence-electron chi connectivity index (χ1n) is 7.58. The van der Waals surface area contributed by atoms with E-state index in [4.69, 9.17) is 10.5 Å². The summed E-state index contributed by atoms with van der Waals surface area (Å²) in [5.74, 6) is 1.10. The minimum Gasteiger partial charge on any atom is -0.394 e. The molecule has 0 radical (unpaired) electrons. The molecular formula is C14H25N5O. The summed E-state index contributed by atoms with van der Waals surface area (Å²) in [5.41, 5.74) is 8.13. The van der Waals surface area contributed by atoms with Crippen LogP contribution in [0.2, 0.25) is 0 Å². The number of nitrogens with two attached hydrogens (primary N) is 1. The quantitative estimate of drug-likeness (QED) is 0.872. The first-order valence-corrected chi connectivity index (χ1v) is 7.58. The molecule has 3 rings (SSSR count). The fourth-order valence-corrected chi connectivity index (χ4v) is 3.40. The zero-order valence-electron chi connectivity index (χ0n) is 12.5. The third-order valence-corrected chi connectivity index (χ3v) is 4.49. The minimum absolute atomic E-state index is 0.623. The molecule has 1 atom stereocenters. The average molecular weight is 279 g/mol. The van der Waals surface area contributed by atoms with E-state index in [-0.39, 0.29) is 0 Å². The van der Waals surface area contributed by atoms with E-state index in [0.717, 1.165) is 63.0 Å². The summed E-state index contributed by atoms with van der Waals surface area (Å²) < 4.78 is 7.38. The van der Waals surface area contributed by atoms with Gasteiger partial charge < -0.3 is 15.4 Å². The number of aromatic nitrogens is 2. The number of anilines is 2. The second kappa shape index (κ2) is 5.61. The molecule has 0 spiro atoms. The second-order valence-electron chi connectivity index (χ2n) is 5.70. The third-order valence-electron chi connectivity index (χ3n) is 4.49. The Morgan fingerprint density at radius 3 is 2.70 bits per heavy atom. The molecule has 6 nitrogen and oxygen atoms in total. The Hall–Kier alpha value is -1.27. The Bertz CT molecular complexity index is 466. The molecule has 0 saturated carbocycles. The summed E-state index contributed by atoms with van der Waals surface area (Å²) in [6.45, 7) is 8.05. The smallest absolute Gasteiger partial charge is 0.150 e. The molecule has 2 aliphatic rings. The Morgan fingerprint density at radius 2 is 2.05 bits per heavy atom. The van der Waals surface area contributed by atoms with E-state index in [9.17, 15) is 0 Å². The van der Waals surface area contributed by atoms with E-state index in [1.54, 1.807) is 0 Å². The zero-order valence-corrected chi connectivity index (χ0v) is 12.5. The normalized spacial score (nSPS) is 24.5. The van der Waals surface area contributed by atoms with Crippen molar-refractivity contribution in [1.29, 1.82) is 0 Å². The van der Waals surface area contributed by atoms with Crippen molar-refractivity contribution in [2.75, 3.05) is 50.0 Å². The highest BCUT2D eigenvalue weighted by Crippen LogP contribution is 2.30. The largest absolute Gasteiger partial charge is 0.394 e. The Kier molecular flexibility index (Phi) is 3.85. The average Bonchev–Trinajstić information content (AvgIpc) is 3.04. The summed E-state index contributed by atoms with van der Waals surface area (Å²) >= 11 is 0. The number of aryl methyl sites for hydroxylation is 2. The van der Waals surface area contributed by atoms with Crippen LogP contribution in [0.4, 0.5) is 11.5 Å². The van der Waals surface area contributed by atoms with Gasteiger partial charge in [0.1, 0.15) is 5.82 Å². The van der Waals surface area contributed by atoms with E-state index in [1.807, 2.05) is 11.7 Å². The minimum atomic E-state index is 0.623. The van der Waals surface area contributed by atoms with Crippen molar-refractivity contribution < 1.29 is 4.74 Å². The maximum atomic E-state index is 6.26. The lowest BCUT2D eigenvalue weighted by Crippen LogP contribution is -2.44. The number of ether oxygens (including phenoxy) is 1. The fraction of sp³-hybridized carbons (Fsp3) is 0.786. The maximum absolute atomic E-state index is 6.26. The van der Waals surface area contributed by atoms with E-state index < -0.39 is 0 Å². The molecule has 1 unspecified atom stereocenters. The van der Waals surface area contributed by atoms with Gasteiger partial charge in [-0.3, -0.25) is 9.58 Å². The maximum Gasteiger partial charge on any atom is 0.150 e. The van der Waals surface area contributed by atoms with E-state index in [1.165, 1.54) is 6.42 Å². The van der Waals surface area contributed by atoms with Crippen molar-refractivity contribution in [2.45, 2.75) is 25.8 Å². The van der Waals surface area contributed by atoms with Gasteiger partial charge in [-0.2, -0.15) is 5.10 Å². The van der Waals surface area contributed by atoms with Gasteiger partial charge in [-0.05, 0) is 12.8 Å². The van der Waals surface area contributed by atoms with Crippen molar-refractivity contribution >= 4 is 11.5 Å². The van der Waals surface area contributed by atoms with E-state index in [2.05, 4.69) is 21.8 Å². The predicted octanol–water partition coefficient (Wildman–Crippen LogP) is 0.476. The van der Waals surface area contributed by atoms with E-state index in [0.29, 0.717) is 6.04 Å². The third kappa shape index (κ3) is 2.38. The van der Waals surface area contributed by atoms with Crippen LogP contribution in [-0.2, 0) is 18.2 Å². The van der Waals surface area contributed by atoms with Gasteiger partial charge in [-0.1, -0.05) is 6.92 Å². The van der Waals surface area contributed by atoms with Crippen LogP contribution in [0, 0.1) is 0 Å². The van der Waals surface area contributed by atoms with E-state index >= 15 is 0 Å². The molecule has 2 fully saturated rings. The fourth-order valence-electron chi connectivity index (χ4n) is 3.40. The monoisotopic (exact) mass is 279 g/mol. The number of hydrogen-bond donors (Lipinski definition) is 1. The van der Waals surface area contributed by atoms with Crippen LogP contribution in [-0.4, -0.2) is 60.1 Å². The number of rotatable bonds is 3. The molecule has 2 saturated heterocycles. The lowest BCUT2D eigenvalue weighted by Gasteiger charge is -2.32. The molecule has 20 heavy (non-hydrogen) atoms. The molecule has 112 valence electrons. The van der Waals surface area contributed by atoms with Crippen molar-refractivity contribution in [3.8, 4) is 0 Å². The van der Waals surface area contributed by atoms with Gasteiger partial charge in [0, 0.05) is 39.3 Å². The molecule has 0 aromatic carbocycles. The molecule has 6 heteroatoms. The molecule has 3 heterocycles. The van der Waals surface area contributed by atoms with Crippen molar-refractivity contribution in [3.05, 3.63) is 5.69 Å². The summed E-state index contributed by atoms with van der Waals surface area (Å²) in [4.78, 5) is 4.94. The topological polar surface area (TPSA) is 59.5 Å². The molecule has 1 aromatic heterocycles. The predicted molar refractivity (Wildman–Crippen MR) is 80.0 cm³/mol. The van der Waals surface area contributed by atoms with Crippen LogP contribution >= 0.6 is 0 Å². The van der Waals surface area contributed by atoms with Crippen LogP contribution in [0.3, 0.4) is 0 Å². The summed E-state index contributed by atoms with van der Waals surface area (Å²) in [6.07, 6.45) is 2.09. The molecule has 2 N–H and O–H groups in total. The standard InChI is InChI=1S/C14H25N5O/c1-3-12-13(15)14(17(2)16-12)19-5-4-11(10-19)18-6-8-20-9-7-18/h11H,3-10,15H2,1-2H3. The Labute approximate surface area is 120 Å². The first-order chi connectivity index (χ1) is 9.70. The van der Waals surface area contributed by atoms with Crippen LogP contribution < -0.4 is 10.6 Å². The molecule has 0 amide bonds. The highest BCUT2D eigenvalue weighted by atomic mass is 16.5.